The lowest BCUT2D eigenvalue weighted by Gasteiger charge is -2.29. The minimum absolute atomic E-state index is 0.189. The number of Topliss-reactive ketones (excluding diaryl/α,β-unsaturated/α-hetero) is 1. The highest BCUT2D eigenvalue weighted by atomic mass is 16.2. The van der Waals surface area contributed by atoms with Crippen LogP contribution in [0, 0.1) is 11.8 Å². The number of rotatable bonds is 3. The quantitative estimate of drug-likeness (QED) is 0.693. The van der Waals surface area contributed by atoms with Crippen LogP contribution < -0.4 is 0 Å². The number of carbonyl (C=O) groups is 3. The van der Waals surface area contributed by atoms with Crippen molar-refractivity contribution in [1.29, 1.82) is 0 Å². The van der Waals surface area contributed by atoms with Crippen LogP contribution in [-0.2, 0) is 14.4 Å². The van der Waals surface area contributed by atoms with Gasteiger partial charge in [0.25, 0.3) is 11.8 Å². The second-order valence-corrected chi connectivity index (χ2v) is 4.95. The van der Waals surface area contributed by atoms with Crippen LogP contribution in [0.2, 0.25) is 0 Å². The Balaban J connectivity index is 1.84. The van der Waals surface area contributed by atoms with Crippen molar-refractivity contribution in [2.45, 2.75) is 32.6 Å². The smallest absolute Gasteiger partial charge is 0.253 e. The van der Waals surface area contributed by atoms with E-state index in [0.29, 0.717) is 12.5 Å². The highest BCUT2D eigenvalue weighted by Crippen LogP contribution is 2.30. The van der Waals surface area contributed by atoms with Gasteiger partial charge in [0.1, 0.15) is 5.78 Å². The largest absolute Gasteiger partial charge is 0.300 e. The fraction of sp³-hybridized carbons (Fsp3) is 0.615. The molecule has 1 fully saturated rings. The highest BCUT2D eigenvalue weighted by Gasteiger charge is 2.29. The Bertz CT molecular complexity index is 360. The zero-order valence-electron chi connectivity index (χ0n) is 10.0. The first-order chi connectivity index (χ1) is 8.08. The molecule has 0 bridgehead atoms. The topological polar surface area (TPSA) is 54.5 Å². The molecule has 0 radical (unpaired) electrons. The normalized spacial score (nSPS) is 28.9. The lowest BCUT2D eigenvalue weighted by Crippen LogP contribution is -2.36. The molecule has 0 N–H and O–H groups in total. The molecule has 0 saturated heterocycles. The van der Waals surface area contributed by atoms with Crippen molar-refractivity contribution in [3.05, 3.63) is 12.2 Å². The zero-order valence-corrected chi connectivity index (χ0v) is 10.0. The maximum Gasteiger partial charge on any atom is 0.253 e. The zero-order chi connectivity index (χ0) is 12.4. The van der Waals surface area contributed by atoms with Crippen LogP contribution in [0.5, 0.6) is 0 Å². The summed E-state index contributed by atoms with van der Waals surface area (Å²) in [5, 5.41) is 0. The first kappa shape index (κ1) is 12.0. The van der Waals surface area contributed by atoms with E-state index in [4.69, 9.17) is 0 Å². The molecule has 4 heteroatoms. The van der Waals surface area contributed by atoms with Gasteiger partial charge in [0.05, 0.1) is 0 Å². The van der Waals surface area contributed by atoms with Gasteiger partial charge in [-0.3, -0.25) is 19.3 Å². The van der Waals surface area contributed by atoms with E-state index >= 15 is 0 Å². The average Bonchev–Trinajstić information content (AvgIpc) is 2.61. The molecule has 0 aromatic heterocycles. The molecule has 0 aromatic carbocycles. The van der Waals surface area contributed by atoms with E-state index < -0.39 is 0 Å². The van der Waals surface area contributed by atoms with Gasteiger partial charge in [-0.25, -0.2) is 0 Å². The van der Waals surface area contributed by atoms with E-state index in [9.17, 15) is 14.4 Å². The lowest BCUT2D eigenvalue weighted by atomic mass is 9.80. The van der Waals surface area contributed by atoms with E-state index in [1.54, 1.807) is 6.92 Å². The van der Waals surface area contributed by atoms with E-state index in [2.05, 4.69) is 0 Å². The second kappa shape index (κ2) is 4.82. The van der Waals surface area contributed by atoms with Gasteiger partial charge in [-0.15, -0.1) is 0 Å². The number of carbonyl (C=O) groups excluding carboxylic acids is 3. The van der Waals surface area contributed by atoms with E-state index in [1.807, 2.05) is 0 Å². The third-order valence-electron chi connectivity index (χ3n) is 3.76. The summed E-state index contributed by atoms with van der Waals surface area (Å²) in [6.07, 6.45) is 6.29. The molecule has 4 nitrogen and oxygen atoms in total. The first-order valence-corrected chi connectivity index (χ1v) is 6.12. The van der Waals surface area contributed by atoms with Gasteiger partial charge < -0.3 is 0 Å². The molecule has 2 aliphatic rings. The summed E-state index contributed by atoms with van der Waals surface area (Å²) in [6.45, 7) is 2.15. The van der Waals surface area contributed by atoms with Gasteiger partial charge in [-0.2, -0.15) is 0 Å². The van der Waals surface area contributed by atoms with Crippen molar-refractivity contribution in [3.8, 4) is 0 Å². The van der Waals surface area contributed by atoms with Gasteiger partial charge in [0.2, 0.25) is 0 Å². The van der Waals surface area contributed by atoms with Crippen molar-refractivity contribution in [2.75, 3.05) is 6.54 Å². The minimum Gasteiger partial charge on any atom is -0.300 e. The third kappa shape index (κ3) is 2.62. The predicted octanol–water partition coefficient (Wildman–Crippen LogP) is 1.31. The molecule has 1 heterocycles. The molecule has 0 unspecified atom stereocenters. The van der Waals surface area contributed by atoms with Gasteiger partial charge in [-0.05, 0) is 38.5 Å². The number of ketones is 1. The third-order valence-corrected chi connectivity index (χ3v) is 3.76. The molecule has 1 aliphatic heterocycles. The van der Waals surface area contributed by atoms with Gasteiger partial charge in [-0.1, -0.05) is 0 Å². The van der Waals surface area contributed by atoms with E-state index in [-0.39, 0.29) is 23.5 Å². The standard InChI is InChI=1S/C13H17NO3/c1-9(15)11-4-2-10(3-5-11)8-14-12(16)6-7-13(14)17/h6-7,10-11H,2-5,8H2,1H3. The van der Waals surface area contributed by atoms with Crippen molar-refractivity contribution in [2.24, 2.45) is 11.8 Å². The summed E-state index contributed by atoms with van der Waals surface area (Å²) >= 11 is 0. The molecule has 2 amide bonds. The molecular formula is C13H17NO3. The fourth-order valence-electron chi connectivity index (χ4n) is 2.62. The van der Waals surface area contributed by atoms with Crippen molar-refractivity contribution < 1.29 is 14.4 Å². The van der Waals surface area contributed by atoms with Crippen LogP contribution in [0.3, 0.4) is 0 Å². The molecule has 2 rings (SSSR count). The van der Waals surface area contributed by atoms with Gasteiger partial charge >= 0.3 is 0 Å². The van der Waals surface area contributed by atoms with Crippen molar-refractivity contribution in [1.82, 2.24) is 4.90 Å². The van der Waals surface area contributed by atoms with Crippen LogP contribution in [0.15, 0.2) is 12.2 Å². The molecule has 0 aromatic rings. The summed E-state index contributed by atoms with van der Waals surface area (Å²) in [5.74, 6) is 0.401. The van der Waals surface area contributed by atoms with Crippen molar-refractivity contribution in [3.63, 3.8) is 0 Å². The Morgan fingerprint density at radius 2 is 1.71 bits per heavy atom. The fourth-order valence-corrected chi connectivity index (χ4v) is 2.62. The molecule has 17 heavy (non-hydrogen) atoms. The molecule has 92 valence electrons. The van der Waals surface area contributed by atoms with Gasteiger partial charge in [0, 0.05) is 24.6 Å². The van der Waals surface area contributed by atoms with E-state index in [0.717, 1.165) is 25.7 Å². The summed E-state index contributed by atoms with van der Waals surface area (Å²) < 4.78 is 0. The number of hydrogen-bond acceptors (Lipinski definition) is 3. The molecule has 1 saturated carbocycles. The van der Waals surface area contributed by atoms with Gasteiger partial charge in [0.15, 0.2) is 0 Å². The SMILES string of the molecule is CC(=O)C1CCC(CN2C(=O)C=CC2=O)CC1. The van der Waals surface area contributed by atoms with Crippen LogP contribution >= 0.6 is 0 Å². The van der Waals surface area contributed by atoms with E-state index in [1.165, 1.54) is 17.1 Å². The number of imide groups is 1. The number of nitrogens with zero attached hydrogens (tertiary/aromatic N) is 1. The predicted molar refractivity (Wildman–Crippen MR) is 62.0 cm³/mol. The Hall–Kier alpha value is -1.45. The molecular weight excluding hydrogens is 218 g/mol. The van der Waals surface area contributed by atoms with Crippen LogP contribution in [0.4, 0.5) is 0 Å². The Kier molecular flexibility index (Phi) is 3.41. The highest BCUT2D eigenvalue weighted by molar-refractivity contribution is 6.12. The monoisotopic (exact) mass is 235 g/mol. The minimum atomic E-state index is -0.205. The van der Waals surface area contributed by atoms with Crippen LogP contribution in [0.25, 0.3) is 0 Å². The molecule has 0 spiro atoms. The Morgan fingerprint density at radius 1 is 1.18 bits per heavy atom. The van der Waals surface area contributed by atoms with Crippen molar-refractivity contribution >= 4 is 17.6 Å². The summed E-state index contributed by atoms with van der Waals surface area (Å²) in [5.41, 5.74) is 0. The summed E-state index contributed by atoms with van der Waals surface area (Å²) in [6, 6.07) is 0. The number of amides is 2. The summed E-state index contributed by atoms with van der Waals surface area (Å²) in [7, 11) is 0. The lowest BCUT2D eigenvalue weighted by molar-refractivity contribution is -0.138. The average molecular weight is 235 g/mol. The Morgan fingerprint density at radius 3 is 2.18 bits per heavy atom. The molecule has 0 atom stereocenters. The summed E-state index contributed by atoms with van der Waals surface area (Å²) in [4.78, 5) is 35.3. The maximum atomic E-state index is 11.4. The van der Waals surface area contributed by atoms with Crippen LogP contribution in [-0.4, -0.2) is 29.0 Å². The maximum absolute atomic E-state index is 11.4. The number of hydrogen-bond donors (Lipinski definition) is 0. The Labute approximate surface area is 101 Å². The molecule has 1 aliphatic carbocycles. The second-order valence-electron chi connectivity index (χ2n) is 4.95. The first-order valence-electron chi connectivity index (χ1n) is 6.12. The van der Waals surface area contributed by atoms with Crippen LogP contribution in [0.1, 0.15) is 32.6 Å².